The number of rotatable bonds is 24. The average Bonchev–Trinajstić information content (AvgIpc) is 3.56. The molecule has 0 saturated carbocycles. The summed E-state index contributed by atoms with van der Waals surface area (Å²) in [7, 11) is 0. The molecular weight excluding hydrogens is 724 g/mol. The molecule has 1 rings (SSSR count). The van der Waals surface area contributed by atoms with E-state index in [1.807, 2.05) is 5.32 Å². The molecule has 1 aromatic rings. The number of aromatic nitrogens is 2. The Morgan fingerprint density at radius 1 is 0.722 bits per heavy atom. The molecule has 0 fully saturated rings. The quantitative estimate of drug-likeness (QED) is 0.0465. The fourth-order valence-electron chi connectivity index (χ4n) is 4.60. The number of imidazole rings is 1. The predicted octanol–water partition coefficient (Wildman–Crippen LogP) is -5.84. The van der Waals surface area contributed by atoms with E-state index in [1.165, 1.54) is 12.5 Å². The van der Waals surface area contributed by atoms with Gasteiger partial charge in [0.2, 0.25) is 41.4 Å². The molecule has 0 aromatic carbocycles. The molecule has 0 radical (unpaired) electrons. The van der Waals surface area contributed by atoms with Crippen LogP contribution in [0.4, 0.5) is 0 Å². The van der Waals surface area contributed by atoms with E-state index >= 15 is 0 Å². The zero-order chi connectivity index (χ0) is 41.3. The molecule has 0 saturated heterocycles. The number of H-pyrrole nitrogens is 1. The van der Waals surface area contributed by atoms with Crippen LogP contribution in [0.5, 0.6) is 0 Å². The van der Waals surface area contributed by atoms with Crippen LogP contribution in [0.3, 0.4) is 0 Å². The highest BCUT2D eigenvalue weighted by atomic mass is 16.4. The summed E-state index contributed by atoms with van der Waals surface area (Å²) in [4.78, 5) is 130. The van der Waals surface area contributed by atoms with Crippen molar-refractivity contribution in [1.29, 1.82) is 0 Å². The summed E-state index contributed by atoms with van der Waals surface area (Å²) in [6.07, 6.45) is -1.90. The van der Waals surface area contributed by atoms with Crippen LogP contribution in [0.15, 0.2) is 12.5 Å². The highest BCUT2D eigenvalue weighted by molar-refractivity contribution is 5.98. The second-order valence-corrected chi connectivity index (χ2v) is 12.5. The fraction of sp³-hybridized carbons (Fsp3) is 0.567. The van der Waals surface area contributed by atoms with Gasteiger partial charge in [-0.1, -0.05) is 13.8 Å². The molecule has 0 aliphatic rings. The Morgan fingerprint density at radius 3 is 1.70 bits per heavy atom. The van der Waals surface area contributed by atoms with Gasteiger partial charge in [-0.05, 0) is 19.3 Å². The Kier molecular flexibility index (Phi) is 18.7. The van der Waals surface area contributed by atoms with E-state index in [9.17, 15) is 63.3 Å². The number of aliphatic hydroxyl groups is 1. The van der Waals surface area contributed by atoms with E-state index in [2.05, 4.69) is 36.6 Å². The van der Waals surface area contributed by atoms with Gasteiger partial charge in [0.25, 0.3) is 0 Å². The summed E-state index contributed by atoms with van der Waals surface area (Å²) in [5.41, 5.74) is 11.6. The van der Waals surface area contributed by atoms with Crippen molar-refractivity contribution in [3.63, 3.8) is 0 Å². The van der Waals surface area contributed by atoms with Crippen molar-refractivity contribution in [2.45, 2.75) is 95.2 Å². The van der Waals surface area contributed by atoms with E-state index in [-0.39, 0.29) is 18.8 Å². The Bertz CT molecular complexity index is 1530. The number of nitrogens with zero attached hydrogens (tertiary/aromatic N) is 1. The monoisotopic (exact) mass is 770 g/mol. The lowest BCUT2D eigenvalue weighted by atomic mass is 10.0. The van der Waals surface area contributed by atoms with Crippen molar-refractivity contribution in [1.82, 2.24) is 41.9 Å². The highest BCUT2D eigenvalue weighted by Crippen LogP contribution is 2.09. The largest absolute Gasteiger partial charge is 0.481 e. The first-order valence-corrected chi connectivity index (χ1v) is 16.2. The second kappa shape index (κ2) is 22.0. The van der Waals surface area contributed by atoms with Crippen molar-refractivity contribution in [2.75, 3.05) is 6.54 Å². The molecule has 7 atom stereocenters. The number of aliphatic hydroxyl groups excluding tert-OH is 1. The zero-order valence-corrected chi connectivity index (χ0v) is 29.5. The molecule has 0 aliphatic carbocycles. The van der Waals surface area contributed by atoms with Gasteiger partial charge >= 0.3 is 17.9 Å². The van der Waals surface area contributed by atoms with Crippen LogP contribution in [-0.2, 0) is 54.4 Å². The first-order valence-electron chi connectivity index (χ1n) is 16.2. The molecule has 0 unspecified atom stereocenters. The van der Waals surface area contributed by atoms with Crippen LogP contribution in [0.25, 0.3) is 0 Å². The second-order valence-electron chi connectivity index (χ2n) is 12.5. The van der Waals surface area contributed by atoms with Gasteiger partial charge in [-0.3, -0.25) is 43.2 Å². The SMILES string of the molecule is CC(C)C[C@H](NC(=O)[C@H](CC(N)=O)NC(=O)[C@@H](NC(=O)CNC(=O)[C@@H](N)Cc1cnc[nH]1)[C@@H](C)O)C(=O)N[C@@H](CC(=O)O)C(=O)N[C@@H](CC(=O)O)C(=O)O. The molecule has 0 aliphatic heterocycles. The van der Waals surface area contributed by atoms with Crippen LogP contribution in [0, 0.1) is 5.92 Å². The van der Waals surface area contributed by atoms with Crippen LogP contribution in [-0.4, -0.2) is 139 Å². The van der Waals surface area contributed by atoms with E-state index in [0.717, 1.165) is 6.92 Å². The van der Waals surface area contributed by atoms with Gasteiger partial charge in [-0.2, -0.15) is 0 Å². The Hall–Kier alpha value is -6.17. The first-order chi connectivity index (χ1) is 25.1. The highest BCUT2D eigenvalue weighted by Gasteiger charge is 2.35. The molecule has 0 bridgehead atoms. The lowest BCUT2D eigenvalue weighted by Gasteiger charge is -2.27. The number of primary amides is 1. The molecule has 7 amide bonds. The van der Waals surface area contributed by atoms with Crippen LogP contribution >= 0.6 is 0 Å². The van der Waals surface area contributed by atoms with Crippen molar-refractivity contribution < 1.29 is 68.4 Å². The lowest BCUT2D eigenvalue weighted by Crippen LogP contribution is -2.61. The van der Waals surface area contributed by atoms with E-state index in [0.29, 0.717) is 5.69 Å². The van der Waals surface area contributed by atoms with E-state index in [1.54, 1.807) is 13.8 Å². The van der Waals surface area contributed by atoms with E-state index < -0.39 is 127 Å². The Morgan fingerprint density at radius 2 is 1.22 bits per heavy atom. The molecule has 0 spiro atoms. The number of carbonyl (C=O) groups is 10. The molecule has 15 N–H and O–H groups in total. The number of carbonyl (C=O) groups excluding carboxylic acids is 7. The van der Waals surface area contributed by atoms with Gasteiger partial charge in [0.05, 0.1) is 44.3 Å². The third-order valence-corrected chi connectivity index (χ3v) is 7.22. The van der Waals surface area contributed by atoms with Crippen molar-refractivity contribution in [3.8, 4) is 0 Å². The standard InChI is InChI=1S/C30H46N10O14/c1-12(2)4-16(26(49)37-18(7-22(44)45)28(51)39-19(30(53)54)8-23(46)47)36-27(50)17(6-20(32)42)38-29(52)24(13(3)41)40-21(43)10-34-25(48)15(31)5-14-9-33-11-35-14/h9,11-13,15-19,24,41H,4-8,10,31H2,1-3H3,(H2,32,42)(H,33,35)(H,34,48)(H,36,50)(H,37,49)(H,38,52)(H,39,51)(H,40,43)(H,44,45)(H,46,47)(H,53,54)/t13-,15+,16+,17+,18+,19+,24+/m1/s1. The van der Waals surface area contributed by atoms with Crippen molar-refractivity contribution in [3.05, 3.63) is 18.2 Å². The number of hydrogen-bond acceptors (Lipinski definition) is 13. The molecule has 24 nitrogen and oxygen atoms in total. The third-order valence-electron chi connectivity index (χ3n) is 7.22. The molecule has 300 valence electrons. The molecule has 1 heterocycles. The molecule has 1 aromatic heterocycles. The number of hydrogen-bond donors (Lipinski definition) is 13. The lowest BCUT2D eigenvalue weighted by molar-refractivity contribution is -0.148. The maximum absolute atomic E-state index is 13.4. The predicted molar refractivity (Wildman–Crippen MR) is 180 cm³/mol. The maximum Gasteiger partial charge on any atom is 0.326 e. The van der Waals surface area contributed by atoms with Crippen LogP contribution < -0.4 is 43.4 Å². The van der Waals surface area contributed by atoms with Crippen LogP contribution in [0.2, 0.25) is 0 Å². The Labute approximate surface area is 306 Å². The maximum atomic E-state index is 13.4. The molecule has 24 heteroatoms. The summed E-state index contributed by atoms with van der Waals surface area (Å²) in [6, 6.07) is -10.2. The number of aliphatic carboxylic acids is 3. The van der Waals surface area contributed by atoms with Crippen LogP contribution in [0.1, 0.15) is 52.1 Å². The van der Waals surface area contributed by atoms with Gasteiger partial charge in [0.1, 0.15) is 30.2 Å². The summed E-state index contributed by atoms with van der Waals surface area (Å²) in [5.74, 6) is -13.1. The van der Waals surface area contributed by atoms with Gasteiger partial charge in [-0.25, -0.2) is 9.78 Å². The molecule has 54 heavy (non-hydrogen) atoms. The minimum absolute atomic E-state index is 0.0647. The smallest absolute Gasteiger partial charge is 0.326 e. The topological polar surface area (TPSA) is 405 Å². The normalized spacial score (nSPS) is 14.8. The van der Waals surface area contributed by atoms with Gasteiger partial charge < -0.3 is 68.8 Å². The summed E-state index contributed by atoms with van der Waals surface area (Å²) >= 11 is 0. The zero-order valence-electron chi connectivity index (χ0n) is 29.5. The minimum Gasteiger partial charge on any atom is -0.481 e. The minimum atomic E-state index is -1.99. The number of nitrogens with two attached hydrogens (primary N) is 2. The Balaban J connectivity index is 3.10. The molecular formula is C30H46N10O14. The third kappa shape index (κ3) is 16.9. The fourth-order valence-corrected chi connectivity index (χ4v) is 4.60. The summed E-state index contributed by atoms with van der Waals surface area (Å²) in [5, 5.41) is 50.5. The van der Waals surface area contributed by atoms with Crippen molar-refractivity contribution in [2.24, 2.45) is 17.4 Å². The number of nitrogens with one attached hydrogen (secondary N) is 7. The number of aromatic amines is 1. The summed E-state index contributed by atoms with van der Waals surface area (Å²) in [6.45, 7) is 3.66. The average molecular weight is 771 g/mol. The number of carboxylic acid groups (broad SMARTS) is 3. The van der Waals surface area contributed by atoms with E-state index in [4.69, 9.17) is 16.6 Å². The van der Waals surface area contributed by atoms with Gasteiger partial charge in [0, 0.05) is 18.3 Å². The van der Waals surface area contributed by atoms with Gasteiger partial charge in [-0.15, -0.1) is 0 Å². The van der Waals surface area contributed by atoms with Crippen molar-refractivity contribution >= 4 is 59.3 Å². The first kappa shape index (κ1) is 45.9. The summed E-state index contributed by atoms with van der Waals surface area (Å²) < 4.78 is 0. The number of amides is 7. The van der Waals surface area contributed by atoms with Gasteiger partial charge in [0.15, 0.2) is 0 Å². The number of carboxylic acids is 3.